The molecule has 0 aliphatic carbocycles. The first-order valence-electron chi connectivity index (χ1n) is 26.1. The number of anilines is 6. The number of fused-ring (bicyclic) bond motifs is 16. The molecule has 0 N–H and O–H groups in total. The van der Waals surface area contributed by atoms with E-state index in [1.165, 1.54) is 109 Å². The smallest absolute Gasteiger partial charge is 0.0783 e. The third kappa shape index (κ3) is 6.03. The number of rotatable bonds is 6. The SMILES string of the molecule is CC(C)(C)c1cc(N(c2ccccc2)c2ccccc2)c2c(c1)c1c3ccccc3cc3c4cc5c(cc4n2c31)c1cc2ccccc2c2c3cc(C(C)(C)C)cc(N(c4ccccc4)c4ccccc4)c3n5c12. The summed E-state index contributed by atoms with van der Waals surface area (Å²) >= 11 is 0. The van der Waals surface area contributed by atoms with Gasteiger partial charge in [-0.15, -0.1) is 0 Å². The molecule has 15 aromatic rings. The van der Waals surface area contributed by atoms with Crippen LogP contribution in [0.4, 0.5) is 34.1 Å². The zero-order valence-electron chi connectivity index (χ0n) is 42.6. The second kappa shape index (κ2) is 15.3. The summed E-state index contributed by atoms with van der Waals surface area (Å²) in [7, 11) is 0. The quantitative estimate of drug-likeness (QED) is 0.165. The van der Waals surface area contributed by atoms with Crippen molar-refractivity contribution in [1.29, 1.82) is 0 Å². The maximum absolute atomic E-state index is 2.64. The molecule has 0 saturated heterocycles. The van der Waals surface area contributed by atoms with Crippen LogP contribution in [0, 0.1) is 0 Å². The Hall–Kier alpha value is -8.86. The number of para-hydroxylation sites is 4. The van der Waals surface area contributed by atoms with E-state index in [0.717, 1.165) is 34.1 Å². The van der Waals surface area contributed by atoms with Crippen LogP contribution in [0.1, 0.15) is 52.7 Å². The summed E-state index contributed by atoms with van der Waals surface area (Å²) in [6.07, 6.45) is 0. The van der Waals surface area contributed by atoms with E-state index >= 15 is 0 Å². The van der Waals surface area contributed by atoms with E-state index in [4.69, 9.17) is 0 Å². The predicted molar refractivity (Wildman–Crippen MR) is 318 cm³/mol. The van der Waals surface area contributed by atoms with Gasteiger partial charge in [-0.05, 0) is 141 Å². The molecular weight excluding hydrogens is 897 g/mol. The molecule has 0 amide bonds. The van der Waals surface area contributed by atoms with E-state index in [-0.39, 0.29) is 10.8 Å². The standard InChI is InChI=1S/C70H54N4/c1-69(2,3)45-37-57-63-51-33-21-19-23-43(51)35-55-53-42-60-54(41-59(53)73(67(55)63)65(57)61(39-45)71(47-25-11-7-12-26-47)48-27-13-8-14-28-48)56-36-44-24-20-22-34-52(44)64-58-38-46(70(4,5)6)40-62(66(58)74(60)68(56)64)72(49-29-15-9-16-30-49)50-31-17-10-18-32-50/h7-42H,1-6H3. The van der Waals surface area contributed by atoms with Gasteiger partial charge in [0, 0.05) is 65.8 Å². The largest absolute Gasteiger partial charge is 0.308 e. The van der Waals surface area contributed by atoms with Gasteiger partial charge in [0.2, 0.25) is 0 Å². The van der Waals surface area contributed by atoms with Crippen LogP contribution in [0.3, 0.4) is 0 Å². The van der Waals surface area contributed by atoms with Crippen LogP contribution in [0.5, 0.6) is 0 Å². The van der Waals surface area contributed by atoms with Crippen molar-refractivity contribution in [2.75, 3.05) is 9.80 Å². The Kier molecular flexibility index (Phi) is 8.87. The fraction of sp³-hybridized carbons (Fsp3) is 0.114. The van der Waals surface area contributed by atoms with Crippen molar-refractivity contribution in [3.8, 4) is 0 Å². The normalized spacial score (nSPS) is 12.7. The lowest BCUT2D eigenvalue weighted by atomic mass is 9.85. The third-order valence-electron chi connectivity index (χ3n) is 16.1. The molecule has 0 fully saturated rings. The minimum Gasteiger partial charge on any atom is -0.308 e. The van der Waals surface area contributed by atoms with E-state index in [2.05, 4.69) is 279 Å². The van der Waals surface area contributed by atoms with Crippen LogP contribution in [0.15, 0.2) is 218 Å². The molecule has 74 heavy (non-hydrogen) atoms. The third-order valence-corrected chi connectivity index (χ3v) is 16.1. The Morgan fingerprint density at radius 3 is 0.946 bits per heavy atom. The van der Waals surface area contributed by atoms with Crippen LogP contribution in [0.25, 0.3) is 97.7 Å². The van der Waals surface area contributed by atoms with Gasteiger partial charge in [-0.3, -0.25) is 0 Å². The molecule has 0 radical (unpaired) electrons. The monoisotopic (exact) mass is 950 g/mol. The Morgan fingerprint density at radius 1 is 0.284 bits per heavy atom. The Labute approximate surface area is 430 Å². The average molecular weight is 951 g/mol. The molecule has 0 atom stereocenters. The van der Waals surface area contributed by atoms with E-state index in [0.29, 0.717) is 0 Å². The summed E-state index contributed by atoms with van der Waals surface area (Å²) in [5.41, 5.74) is 16.6. The van der Waals surface area contributed by atoms with Gasteiger partial charge in [0.25, 0.3) is 0 Å². The zero-order chi connectivity index (χ0) is 49.8. The summed E-state index contributed by atoms with van der Waals surface area (Å²) in [5.74, 6) is 0. The molecular formula is C70H54N4. The fourth-order valence-corrected chi connectivity index (χ4v) is 12.6. The lowest BCUT2D eigenvalue weighted by Crippen LogP contribution is -2.15. The zero-order valence-corrected chi connectivity index (χ0v) is 42.6. The topological polar surface area (TPSA) is 15.3 Å². The summed E-state index contributed by atoms with van der Waals surface area (Å²) in [4.78, 5) is 4.97. The van der Waals surface area contributed by atoms with Crippen LogP contribution >= 0.6 is 0 Å². The van der Waals surface area contributed by atoms with Gasteiger partial charge >= 0.3 is 0 Å². The van der Waals surface area contributed by atoms with Crippen LogP contribution < -0.4 is 9.80 Å². The van der Waals surface area contributed by atoms with Gasteiger partial charge in [0.05, 0.1) is 44.5 Å². The fourth-order valence-electron chi connectivity index (χ4n) is 12.6. The molecule has 0 unspecified atom stereocenters. The molecule has 11 aromatic carbocycles. The number of benzene rings is 11. The highest BCUT2D eigenvalue weighted by Crippen LogP contribution is 2.53. The first-order valence-corrected chi connectivity index (χ1v) is 26.1. The summed E-state index contributed by atoms with van der Waals surface area (Å²) in [6, 6.07) is 81.8. The molecule has 0 aliphatic heterocycles. The van der Waals surface area contributed by atoms with Crippen molar-refractivity contribution in [3.05, 3.63) is 230 Å². The van der Waals surface area contributed by atoms with Crippen molar-refractivity contribution in [1.82, 2.24) is 8.80 Å². The van der Waals surface area contributed by atoms with Crippen LogP contribution in [-0.2, 0) is 10.8 Å². The summed E-state index contributed by atoms with van der Waals surface area (Å²) in [5, 5.41) is 15.2. The van der Waals surface area contributed by atoms with E-state index < -0.39 is 0 Å². The Bertz CT molecular complexity index is 4330. The van der Waals surface area contributed by atoms with Gasteiger partial charge in [-0.1, -0.05) is 163 Å². The molecule has 15 rings (SSSR count). The lowest BCUT2D eigenvalue weighted by molar-refractivity contribution is 0.591. The van der Waals surface area contributed by atoms with Crippen molar-refractivity contribution in [2.45, 2.75) is 52.4 Å². The van der Waals surface area contributed by atoms with E-state index in [1.807, 2.05) is 0 Å². The Balaban J connectivity index is 1.17. The Morgan fingerprint density at radius 2 is 0.608 bits per heavy atom. The second-order valence-electron chi connectivity index (χ2n) is 22.6. The molecule has 4 nitrogen and oxygen atoms in total. The molecule has 0 aliphatic rings. The number of aromatic nitrogens is 2. The highest BCUT2D eigenvalue weighted by molar-refractivity contribution is 6.37. The van der Waals surface area contributed by atoms with Crippen molar-refractivity contribution < 1.29 is 0 Å². The molecule has 4 heteroatoms. The number of nitrogens with zero attached hydrogens (tertiary/aromatic N) is 4. The summed E-state index contributed by atoms with van der Waals surface area (Å²) in [6.45, 7) is 14.1. The number of hydrogen-bond acceptors (Lipinski definition) is 2. The first kappa shape index (κ1) is 42.8. The van der Waals surface area contributed by atoms with Gasteiger partial charge in [-0.25, -0.2) is 0 Å². The number of hydrogen-bond donors (Lipinski definition) is 0. The van der Waals surface area contributed by atoms with Crippen LogP contribution in [-0.4, -0.2) is 8.80 Å². The van der Waals surface area contributed by atoms with Gasteiger partial charge in [0.15, 0.2) is 0 Å². The minimum atomic E-state index is -0.118. The summed E-state index contributed by atoms with van der Waals surface area (Å²) < 4.78 is 5.28. The molecule has 4 heterocycles. The maximum Gasteiger partial charge on any atom is 0.0783 e. The van der Waals surface area contributed by atoms with Crippen molar-refractivity contribution in [3.63, 3.8) is 0 Å². The van der Waals surface area contributed by atoms with Gasteiger partial charge < -0.3 is 18.6 Å². The molecule has 0 spiro atoms. The molecule has 0 bridgehead atoms. The van der Waals surface area contributed by atoms with Crippen LogP contribution in [0.2, 0.25) is 0 Å². The van der Waals surface area contributed by atoms with Gasteiger partial charge in [0.1, 0.15) is 0 Å². The molecule has 354 valence electrons. The average Bonchev–Trinajstić information content (AvgIpc) is 4.15. The highest BCUT2D eigenvalue weighted by Gasteiger charge is 2.31. The van der Waals surface area contributed by atoms with E-state index in [9.17, 15) is 0 Å². The van der Waals surface area contributed by atoms with E-state index in [1.54, 1.807) is 0 Å². The second-order valence-corrected chi connectivity index (χ2v) is 22.6. The van der Waals surface area contributed by atoms with Gasteiger partial charge in [-0.2, -0.15) is 0 Å². The minimum absolute atomic E-state index is 0.118. The highest BCUT2D eigenvalue weighted by atomic mass is 15.2. The predicted octanol–water partition coefficient (Wildman–Crippen LogP) is 19.8. The molecule has 0 saturated carbocycles. The maximum atomic E-state index is 2.64. The first-order chi connectivity index (χ1) is 36.0. The van der Waals surface area contributed by atoms with Crippen molar-refractivity contribution in [2.24, 2.45) is 0 Å². The van der Waals surface area contributed by atoms with Crippen molar-refractivity contribution >= 4 is 132 Å². The molecule has 4 aromatic heterocycles. The lowest BCUT2D eigenvalue weighted by Gasteiger charge is -2.29.